The third-order valence-corrected chi connectivity index (χ3v) is 2.85. The van der Waals surface area contributed by atoms with Crippen LogP contribution in [0.15, 0.2) is 0 Å². The van der Waals surface area contributed by atoms with Crippen LogP contribution in [0.2, 0.25) is 0 Å². The molecule has 7 heavy (non-hydrogen) atoms. The van der Waals surface area contributed by atoms with Crippen LogP contribution in [0.3, 0.4) is 0 Å². The van der Waals surface area contributed by atoms with Gasteiger partial charge in [0.05, 0.1) is 6.16 Å². The van der Waals surface area contributed by atoms with Crippen LogP contribution in [0.5, 0.6) is 0 Å². The SMILES string of the molecule is CC[P+](C)(C)C.[Au]. The van der Waals surface area contributed by atoms with E-state index in [1.807, 2.05) is 0 Å². The van der Waals surface area contributed by atoms with Gasteiger partial charge in [0.25, 0.3) is 0 Å². The Morgan fingerprint density at radius 1 is 1.14 bits per heavy atom. The van der Waals surface area contributed by atoms with Crippen LogP contribution in [0, 0.1) is 0 Å². The van der Waals surface area contributed by atoms with E-state index in [4.69, 9.17) is 0 Å². The molecule has 1 radical (unpaired) electrons. The summed E-state index contributed by atoms with van der Waals surface area (Å²) in [7, 11) is -0.397. The molecule has 2 heteroatoms. The molecule has 0 atom stereocenters. The summed E-state index contributed by atoms with van der Waals surface area (Å²) < 4.78 is 0. The molecular formula is C5H14AuP+. The molecule has 0 fully saturated rings. The third kappa shape index (κ3) is 11.0. The van der Waals surface area contributed by atoms with Crippen LogP contribution in [-0.4, -0.2) is 26.2 Å². The van der Waals surface area contributed by atoms with Gasteiger partial charge < -0.3 is 0 Å². The average Bonchev–Trinajstić information content (AvgIpc) is 1.35. The van der Waals surface area contributed by atoms with Gasteiger partial charge in [-0.1, -0.05) is 0 Å². The number of hydrogen-bond acceptors (Lipinski definition) is 0. The zero-order valence-electron chi connectivity index (χ0n) is 5.46. The van der Waals surface area contributed by atoms with Gasteiger partial charge in [-0.25, -0.2) is 0 Å². The first-order chi connectivity index (χ1) is 2.56. The summed E-state index contributed by atoms with van der Waals surface area (Å²) in [5.41, 5.74) is 0. The zero-order chi connectivity index (χ0) is 5.21. The molecule has 0 amide bonds. The predicted octanol–water partition coefficient (Wildman–Crippen LogP) is 1.91. The minimum atomic E-state index is -0.397. The maximum Gasteiger partial charge on any atom is 0.0558 e. The summed E-state index contributed by atoms with van der Waals surface area (Å²) >= 11 is 0. The normalized spacial score (nSPS) is 10.3. The zero-order valence-corrected chi connectivity index (χ0v) is 8.52. The van der Waals surface area contributed by atoms with E-state index in [2.05, 4.69) is 26.9 Å². The van der Waals surface area contributed by atoms with Gasteiger partial charge in [0.2, 0.25) is 0 Å². The third-order valence-electron chi connectivity index (χ3n) is 0.949. The van der Waals surface area contributed by atoms with Crippen molar-refractivity contribution >= 4 is 7.26 Å². The molecule has 0 aliphatic carbocycles. The van der Waals surface area contributed by atoms with Crippen LogP contribution < -0.4 is 0 Å². The van der Waals surface area contributed by atoms with Gasteiger partial charge in [0, 0.05) is 49.6 Å². The molecule has 0 rings (SSSR count). The molecule has 0 aromatic rings. The summed E-state index contributed by atoms with van der Waals surface area (Å²) in [6.45, 7) is 9.32. The Hall–Kier alpha value is 1.17. The van der Waals surface area contributed by atoms with E-state index < -0.39 is 7.26 Å². The van der Waals surface area contributed by atoms with Gasteiger partial charge in [0.1, 0.15) is 0 Å². The molecular weight excluding hydrogens is 288 g/mol. The minimum Gasteiger partial charge on any atom is -0.0312 e. The van der Waals surface area contributed by atoms with Crippen molar-refractivity contribution in [3.8, 4) is 0 Å². The molecule has 49 valence electrons. The van der Waals surface area contributed by atoms with E-state index in [-0.39, 0.29) is 22.4 Å². The van der Waals surface area contributed by atoms with Crippen LogP contribution in [0.25, 0.3) is 0 Å². The molecule has 0 heterocycles. The van der Waals surface area contributed by atoms with Crippen LogP contribution in [-0.2, 0) is 22.4 Å². The fourth-order valence-corrected chi connectivity index (χ4v) is 0. The fraction of sp³-hybridized carbons (Fsp3) is 1.00. The molecule has 0 unspecified atom stereocenters. The van der Waals surface area contributed by atoms with Crippen molar-refractivity contribution in [3.05, 3.63) is 0 Å². The Kier molecular flexibility index (Phi) is 6.45. The van der Waals surface area contributed by atoms with E-state index in [0.717, 1.165) is 0 Å². The van der Waals surface area contributed by atoms with E-state index >= 15 is 0 Å². The van der Waals surface area contributed by atoms with Crippen LogP contribution >= 0.6 is 7.26 Å². The monoisotopic (exact) mass is 302 g/mol. The molecule has 0 N–H and O–H groups in total. The maximum atomic E-state index is 2.35. The second kappa shape index (κ2) is 4.09. The van der Waals surface area contributed by atoms with Crippen molar-refractivity contribution in [2.45, 2.75) is 6.92 Å². The Bertz CT molecular complexity index is 37.8. The fourth-order valence-electron chi connectivity index (χ4n) is 0. The van der Waals surface area contributed by atoms with E-state index in [1.54, 1.807) is 0 Å². The van der Waals surface area contributed by atoms with Gasteiger partial charge in [-0.15, -0.1) is 0 Å². The van der Waals surface area contributed by atoms with Gasteiger partial charge in [-0.2, -0.15) is 0 Å². The Balaban J connectivity index is 0. The van der Waals surface area contributed by atoms with Gasteiger partial charge in [-0.05, 0) is 6.92 Å². The second-order valence-corrected chi connectivity index (χ2v) is 7.82. The topological polar surface area (TPSA) is 0 Å². The number of hydrogen-bond donors (Lipinski definition) is 0. The smallest absolute Gasteiger partial charge is 0.0312 e. The maximum absolute atomic E-state index is 2.35. The van der Waals surface area contributed by atoms with Gasteiger partial charge in [0.15, 0.2) is 0 Å². The van der Waals surface area contributed by atoms with Crippen molar-refractivity contribution in [1.82, 2.24) is 0 Å². The molecule has 0 saturated heterocycles. The Morgan fingerprint density at radius 2 is 1.29 bits per heavy atom. The van der Waals surface area contributed by atoms with Crippen molar-refractivity contribution in [3.63, 3.8) is 0 Å². The van der Waals surface area contributed by atoms with Gasteiger partial charge in [-0.3, -0.25) is 0 Å². The summed E-state index contributed by atoms with van der Waals surface area (Å²) in [5.74, 6) is 0. The minimum absolute atomic E-state index is 0. The summed E-state index contributed by atoms with van der Waals surface area (Å²) in [4.78, 5) is 0. The second-order valence-electron chi connectivity index (χ2n) is 2.61. The molecule has 0 aromatic carbocycles. The van der Waals surface area contributed by atoms with Crippen LogP contribution in [0.4, 0.5) is 0 Å². The molecule has 0 nitrogen and oxygen atoms in total. The summed E-state index contributed by atoms with van der Waals surface area (Å²) in [6, 6.07) is 0. The van der Waals surface area contributed by atoms with Crippen molar-refractivity contribution in [1.29, 1.82) is 0 Å². The molecule has 0 saturated carbocycles. The molecule has 0 bridgehead atoms. The van der Waals surface area contributed by atoms with Gasteiger partial charge >= 0.3 is 0 Å². The van der Waals surface area contributed by atoms with E-state index in [0.29, 0.717) is 0 Å². The van der Waals surface area contributed by atoms with Crippen molar-refractivity contribution < 1.29 is 22.4 Å². The van der Waals surface area contributed by atoms with E-state index in [1.165, 1.54) is 6.16 Å². The van der Waals surface area contributed by atoms with Crippen molar-refractivity contribution in [2.75, 3.05) is 26.2 Å². The standard InChI is InChI=1S/C5H14P.Au/c1-5-6(2,3)4;/h5H2,1-4H3;/q+1;. The molecule has 0 spiro atoms. The Labute approximate surface area is 62.9 Å². The van der Waals surface area contributed by atoms with E-state index in [9.17, 15) is 0 Å². The Morgan fingerprint density at radius 3 is 1.29 bits per heavy atom. The number of rotatable bonds is 1. The quantitative estimate of drug-likeness (QED) is 0.513. The first-order valence-corrected chi connectivity index (χ1v) is 5.68. The van der Waals surface area contributed by atoms with Crippen LogP contribution in [0.1, 0.15) is 6.92 Å². The first-order valence-electron chi connectivity index (χ1n) is 2.36. The largest absolute Gasteiger partial charge is 0.0558 e. The average molecular weight is 302 g/mol. The molecule has 0 aliphatic rings. The first kappa shape index (κ1) is 11.0. The summed E-state index contributed by atoms with van der Waals surface area (Å²) in [5, 5.41) is 0. The summed E-state index contributed by atoms with van der Waals surface area (Å²) in [6.07, 6.45) is 1.38. The molecule has 0 aliphatic heterocycles. The predicted molar refractivity (Wildman–Crippen MR) is 35.2 cm³/mol. The van der Waals surface area contributed by atoms with Crippen molar-refractivity contribution in [2.24, 2.45) is 0 Å². The molecule has 0 aromatic heterocycles.